The van der Waals surface area contributed by atoms with Crippen LogP contribution < -0.4 is 10.6 Å². The standard InChI is InChI=1S/C19H27N3O2/c1-14-9-10-21(16(11-14)12-20)19(24)13-22-17-7-3-2-5-15(17)6-4-8-18(22)23/h2-3,5,7,14,16H,4,6,8-13,20H2,1H3. The van der Waals surface area contributed by atoms with Gasteiger partial charge in [-0.1, -0.05) is 25.1 Å². The molecule has 24 heavy (non-hydrogen) atoms. The minimum Gasteiger partial charge on any atom is -0.337 e. The van der Waals surface area contributed by atoms with Gasteiger partial charge in [-0.25, -0.2) is 0 Å². The smallest absolute Gasteiger partial charge is 0.242 e. The minimum absolute atomic E-state index is 0.0161. The summed E-state index contributed by atoms with van der Waals surface area (Å²) in [6.45, 7) is 3.56. The molecule has 2 heterocycles. The van der Waals surface area contributed by atoms with Crippen LogP contribution in [-0.4, -0.2) is 42.4 Å². The number of hydrogen-bond donors (Lipinski definition) is 1. The Balaban J connectivity index is 1.79. The molecule has 2 aliphatic rings. The van der Waals surface area contributed by atoms with Crippen LogP contribution in [-0.2, 0) is 16.0 Å². The molecule has 5 heteroatoms. The SMILES string of the molecule is CC1CCN(C(=O)CN2C(=O)CCCc3ccccc32)C(CN)C1. The van der Waals surface area contributed by atoms with Gasteiger partial charge in [-0.15, -0.1) is 0 Å². The number of aryl methyl sites for hydroxylation is 1. The van der Waals surface area contributed by atoms with Gasteiger partial charge in [0.05, 0.1) is 0 Å². The monoisotopic (exact) mass is 329 g/mol. The highest BCUT2D eigenvalue weighted by Crippen LogP contribution is 2.28. The van der Waals surface area contributed by atoms with Gasteiger partial charge in [0, 0.05) is 31.2 Å². The third-order valence-electron chi connectivity index (χ3n) is 5.28. The van der Waals surface area contributed by atoms with Gasteiger partial charge in [0.2, 0.25) is 11.8 Å². The molecule has 0 spiro atoms. The van der Waals surface area contributed by atoms with Gasteiger partial charge in [-0.05, 0) is 43.2 Å². The molecule has 1 aromatic carbocycles. The fraction of sp³-hybridized carbons (Fsp3) is 0.579. The first kappa shape index (κ1) is 17.0. The number of fused-ring (bicyclic) bond motifs is 1. The van der Waals surface area contributed by atoms with Gasteiger partial charge >= 0.3 is 0 Å². The van der Waals surface area contributed by atoms with Crippen LogP contribution in [0.25, 0.3) is 0 Å². The van der Waals surface area contributed by atoms with E-state index in [1.165, 1.54) is 0 Å². The van der Waals surface area contributed by atoms with Crippen LogP contribution in [0, 0.1) is 5.92 Å². The van der Waals surface area contributed by atoms with Crippen molar-refractivity contribution in [3.05, 3.63) is 29.8 Å². The number of hydrogen-bond acceptors (Lipinski definition) is 3. The minimum atomic E-state index is 0.0161. The summed E-state index contributed by atoms with van der Waals surface area (Å²) >= 11 is 0. The lowest BCUT2D eigenvalue weighted by atomic mass is 9.92. The maximum absolute atomic E-state index is 12.9. The maximum Gasteiger partial charge on any atom is 0.242 e. The molecule has 1 fully saturated rings. The van der Waals surface area contributed by atoms with Gasteiger partial charge in [0.25, 0.3) is 0 Å². The second-order valence-corrected chi connectivity index (χ2v) is 7.07. The number of para-hydroxylation sites is 1. The zero-order valence-corrected chi connectivity index (χ0v) is 14.4. The molecule has 0 saturated carbocycles. The number of amides is 2. The first-order chi connectivity index (χ1) is 11.6. The highest BCUT2D eigenvalue weighted by Gasteiger charge is 2.31. The second-order valence-electron chi connectivity index (χ2n) is 7.07. The summed E-state index contributed by atoms with van der Waals surface area (Å²) in [7, 11) is 0. The Bertz CT molecular complexity index is 616. The van der Waals surface area contributed by atoms with Crippen molar-refractivity contribution in [1.82, 2.24) is 4.90 Å². The van der Waals surface area contributed by atoms with E-state index in [0.717, 1.165) is 43.5 Å². The average molecular weight is 329 g/mol. The van der Waals surface area contributed by atoms with Gasteiger partial charge in [0.1, 0.15) is 6.54 Å². The summed E-state index contributed by atoms with van der Waals surface area (Å²) in [5.41, 5.74) is 7.92. The van der Waals surface area contributed by atoms with E-state index in [1.54, 1.807) is 4.90 Å². The zero-order valence-electron chi connectivity index (χ0n) is 14.4. The van der Waals surface area contributed by atoms with E-state index in [-0.39, 0.29) is 24.4 Å². The first-order valence-corrected chi connectivity index (χ1v) is 8.98. The van der Waals surface area contributed by atoms with Gasteiger partial charge in [0.15, 0.2) is 0 Å². The number of likely N-dealkylation sites (tertiary alicyclic amines) is 1. The number of nitrogens with zero attached hydrogens (tertiary/aromatic N) is 2. The summed E-state index contributed by atoms with van der Waals surface area (Å²) in [4.78, 5) is 29.0. The Morgan fingerprint density at radius 2 is 2.08 bits per heavy atom. The Kier molecular flexibility index (Phi) is 5.19. The van der Waals surface area contributed by atoms with E-state index in [9.17, 15) is 9.59 Å². The number of benzene rings is 1. The Morgan fingerprint density at radius 1 is 1.29 bits per heavy atom. The molecular weight excluding hydrogens is 302 g/mol. The van der Waals surface area contributed by atoms with Crippen molar-refractivity contribution in [3.63, 3.8) is 0 Å². The largest absolute Gasteiger partial charge is 0.337 e. The lowest BCUT2D eigenvalue weighted by Crippen LogP contribution is -2.52. The van der Waals surface area contributed by atoms with E-state index < -0.39 is 0 Å². The molecule has 0 bridgehead atoms. The van der Waals surface area contributed by atoms with E-state index in [0.29, 0.717) is 18.9 Å². The number of nitrogens with two attached hydrogens (primary N) is 1. The Morgan fingerprint density at radius 3 is 2.88 bits per heavy atom. The van der Waals surface area contributed by atoms with Crippen molar-refractivity contribution in [3.8, 4) is 0 Å². The van der Waals surface area contributed by atoms with E-state index in [4.69, 9.17) is 5.73 Å². The van der Waals surface area contributed by atoms with Crippen LogP contribution in [0.15, 0.2) is 24.3 Å². The molecule has 5 nitrogen and oxygen atoms in total. The summed E-state index contributed by atoms with van der Waals surface area (Å²) in [6, 6.07) is 8.02. The summed E-state index contributed by atoms with van der Waals surface area (Å²) in [5.74, 6) is 0.661. The summed E-state index contributed by atoms with van der Waals surface area (Å²) < 4.78 is 0. The highest BCUT2D eigenvalue weighted by atomic mass is 16.2. The van der Waals surface area contributed by atoms with Crippen LogP contribution in [0.3, 0.4) is 0 Å². The van der Waals surface area contributed by atoms with E-state index in [1.807, 2.05) is 23.1 Å². The average Bonchev–Trinajstić information content (AvgIpc) is 2.74. The fourth-order valence-electron chi connectivity index (χ4n) is 3.89. The molecule has 1 saturated heterocycles. The van der Waals surface area contributed by atoms with Crippen molar-refractivity contribution in [2.24, 2.45) is 11.7 Å². The van der Waals surface area contributed by atoms with Crippen LogP contribution in [0.5, 0.6) is 0 Å². The lowest BCUT2D eigenvalue weighted by molar-refractivity contribution is -0.135. The molecular formula is C19H27N3O2. The van der Waals surface area contributed by atoms with Gasteiger partial charge in [-0.3, -0.25) is 9.59 Å². The predicted molar refractivity (Wildman–Crippen MR) is 94.7 cm³/mol. The highest BCUT2D eigenvalue weighted by molar-refractivity contribution is 5.99. The fourth-order valence-corrected chi connectivity index (χ4v) is 3.89. The third kappa shape index (κ3) is 3.46. The van der Waals surface area contributed by atoms with Crippen LogP contribution in [0.2, 0.25) is 0 Å². The molecule has 0 radical (unpaired) electrons. The number of piperidine rings is 1. The van der Waals surface area contributed by atoms with Gasteiger partial charge in [-0.2, -0.15) is 0 Å². The molecule has 2 N–H and O–H groups in total. The number of anilines is 1. The molecule has 0 aromatic heterocycles. The Labute approximate surface area is 143 Å². The van der Waals surface area contributed by atoms with Gasteiger partial charge < -0.3 is 15.5 Å². The van der Waals surface area contributed by atoms with E-state index >= 15 is 0 Å². The van der Waals surface area contributed by atoms with E-state index in [2.05, 4.69) is 13.0 Å². The molecule has 2 unspecified atom stereocenters. The number of rotatable bonds is 3. The molecule has 3 rings (SSSR count). The summed E-state index contributed by atoms with van der Waals surface area (Å²) in [6.07, 6.45) is 4.19. The van der Waals surface area contributed by atoms with Crippen LogP contribution in [0.1, 0.15) is 38.2 Å². The molecule has 2 atom stereocenters. The predicted octanol–water partition coefficient (Wildman–Crippen LogP) is 1.94. The molecule has 2 aliphatic heterocycles. The molecule has 2 amide bonds. The van der Waals surface area contributed by atoms with Crippen LogP contribution in [0.4, 0.5) is 5.69 Å². The van der Waals surface area contributed by atoms with Crippen molar-refractivity contribution in [2.45, 2.75) is 45.1 Å². The first-order valence-electron chi connectivity index (χ1n) is 8.98. The Hall–Kier alpha value is -1.88. The second kappa shape index (κ2) is 7.34. The van der Waals surface area contributed by atoms with Crippen molar-refractivity contribution in [1.29, 1.82) is 0 Å². The van der Waals surface area contributed by atoms with Crippen molar-refractivity contribution >= 4 is 17.5 Å². The zero-order chi connectivity index (χ0) is 17.1. The molecule has 0 aliphatic carbocycles. The van der Waals surface area contributed by atoms with Crippen LogP contribution >= 0.6 is 0 Å². The number of carbonyl (C=O) groups excluding carboxylic acids is 2. The normalized spacial score (nSPS) is 24.5. The maximum atomic E-state index is 12.9. The van der Waals surface area contributed by atoms with Crippen molar-refractivity contribution in [2.75, 3.05) is 24.5 Å². The quantitative estimate of drug-likeness (QED) is 0.921. The summed E-state index contributed by atoms with van der Waals surface area (Å²) in [5, 5.41) is 0. The lowest BCUT2D eigenvalue weighted by Gasteiger charge is -2.39. The molecule has 1 aromatic rings. The molecule has 130 valence electrons. The third-order valence-corrected chi connectivity index (χ3v) is 5.28. The topological polar surface area (TPSA) is 66.6 Å². The number of carbonyl (C=O) groups is 2. The van der Waals surface area contributed by atoms with Crippen molar-refractivity contribution < 1.29 is 9.59 Å².